The quantitative estimate of drug-likeness (QED) is 0.845. The van der Waals surface area contributed by atoms with Gasteiger partial charge in [-0.2, -0.15) is 0 Å². The first kappa shape index (κ1) is 20.9. The third-order valence-corrected chi connectivity index (χ3v) is 4.63. The Morgan fingerprint density at radius 2 is 1.83 bits per heavy atom. The average molecular weight is 382 g/mol. The van der Waals surface area contributed by atoms with Gasteiger partial charge in [0.25, 0.3) is 0 Å². The first-order valence-corrected chi connectivity index (χ1v) is 7.79. The van der Waals surface area contributed by atoms with E-state index in [0.717, 1.165) is 19.3 Å². The molecule has 1 amide bonds. The Balaban J connectivity index is 0.00000144. The van der Waals surface area contributed by atoms with E-state index in [1.807, 2.05) is 0 Å². The fourth-order valence-corrected chi connectivity index (χ4v) is 3.45. The largest absolute Gasteiger partial charge is 0.365 e. The normalized spacial score (nSPS) is 25.8. The number of anilines is 1. The van der Waals surface area contributed by atoms with Gasteiger partial charge < -0.3 is 16.0 Å². The number of carbonyl (C=O) groups is 1. The lowest BCUT2D eigenvalue weighted by Crippen LogP contribution is -2.40. The van der Waals surface area contributed by atoms with E-state index in [0.29, 0.717) is 19.5 Å². The molecule has 1 aromatic rings. The predicted molar refractivity (Wildman–Crippen MR) is 94.9 cm³/mol. The van der Waals surface area contributed by atoms with E-state index in [2.05, 4.69) is 5.32 Å². The molecular weight excluding hydrogens is 359 g/mol. The topological polar surface area (TPSA) is 58.4 Å². The zero-order chi connectivity index (χ0) is 15.7. The lowest BCUT2D eigenvalue weighted by molar-refractivity contribution is -0.125. The van der Waals surface area contributed by atoms with Gasteiger partial charge in [0.1, 0.15) is 17.3 Å². The third kappa shape index (κ3) is 4.49. The fraction of sp³-hybridized carbons (Fsp3) is 0.562. The lowest BCUT2D eigenvalue weighted by atomic mass is 10.1. The molecule has 2 fully saturated rings. The van der Waals surface area contributed by atoms with Crippen LogP contribution in [0.3, 0.4) is 0 Å². The molecule has 3 rings (SSSR count). The van der Waals surface area contributed by atoms with Crippen LogP contribution in [0.2, 0.25) is 0 Å². The summed E-state index contributed by atoms with van der Waals surface area (Å²) < 4.78 is 27.6. The monoisotopic (exact) mass is 381 g/mol. The highest BCUT2D eigenvalue weighted by Crippen LogP contribution is 2.28. The molecule has 1 saturated carbocycles. The summed E-state index contributed by atoms with van der Waals surface area (Å²) in [6.07, 6.45) is 3.13. The van der Waals surface area contributed by atoms with E-state index in [9.17, 15) is 13.6 Å². The summed E-state index contributed by atoms with van der Waals surface area (Å²) >= 11 is 0. The van der Waals surface area contributed by atoms with Crippen LogP contribution in [0.1, 0.15) is 25.7 Å². The molecule has 1 aliphatic heterocycles. The van der Waals surface area contributed by atoms with Crippen LogP contribution < -0.4 is 16.0 Å². The summed E-state index contributed by atoms with van der Waals surface area (Å²) in [7, 11) is 0. The lowest BCUT2D eigenvalue weighted by Gasteiger charge is -2.21. The first-order valence-electron chi connectivity index (χ1n) is 7.79. The molecule has 1 saturated heterocycles. The van der Waals surface area contributed by atoms with E-state index >= 15 is 0 Å². The van der Waals surface area contributed by atoms with Crippen LogP contribution in [-0.4, -0.2) is 31.1 Å². The van der Waals surface area contributed by atoms with Gasteiger partial charge in [0, 0.05) is 31.1 Å². The highest BCUT2D eigenvalue weighted by molar-refractivity contribution is 5.85. The van der Waals surface area contributed by atoms with Crippen molar-refractivity contribution < 1.29 is 13.6 Å². The Hall–Kier alpha value is -1.11. The fourth-order valence-electron chi connectivity index (χ4n) is 3.45. The maximum absolute atomic E-state index is 13.8. The molecule has 0 bridgehead atoms. The van der Waals surface area contributed by atoms with Crippen molar-refractivity contribution >= 4 is 36.4 Å². The summed E-state index contributed by atoms with van der Waals surface area (Å²) in [5.41, 5.74) is 5.83. The summed E-state index contributed by atoms with van der Waals surface area (Å²) in [4.78, 5) is 13.9. The number of nitrogens with two attached hydrogens (primary N) is 1. The highest BCUT2D eigenvalue weighted by Gasteiger charge is 2.32. The Labute approximate surface area is 153 Å². The van der Waals surface area contributed by atoms with Crippen molar-refractivity contribution in [2.75, 3.05) is 18.0 Å². The molecule has 24 heavy (non-hydrogen) atoms. The Morgan fingerprint density at radius 1 is 1.17 bits per heavy atom. The van der Waals surface area contributed by atoms with Crippen LogP contribution in [-0.2, 0) is 4.79 Å². The molecule has 2 aliphatic rings. The van der Waals surface area contributed by atoms with Crippen molar-refractivity contribution in [1.29, 1.82) is 0 Å². The van der Waals surface area contributed by atoms with Crippen LogP contribution in [0.15, 0.2) is 18.2 Å². The average Bonchev–Trinajstić information content (AvgIpc) is 3.08. The number of hydrogen-bond acceptors (Lipinski definition) is 3. The second-order valence-corrected chi connectivity index (χ2v) is 6.28. The van der Waals surface area contributed by atoms with Crippen molar-refractivity contribution in [3.05, 3.63) is 29.8 Å². The predicted octanol–water partition coefficient (Wildman–Crippen LogP) is 2.63. The molecule has 3 atom stereocenters. The number of halogens is 4. The number of hydrogen-bond donors (Lipinski definition) is 2. The van der Waals surface area contributed by atoms with Gasteiger partial charge in [-0.3, -0.25) is 4.79 Å². The molecule has 1 aromatic carbocycles. The Bertz CT molecular complexity index is 556. The summed E-state index contributed by atoms with van der Waals surface area (Å²) in [5, 5.41) is 3.00. The van der Waals surface area contributed by atoms with Gasteiger partial charge in [0.2, 0.25) is 5.91 Å². The molecule has 3 N–H and O–H groups in total. The number of benzene rings is 1. The zero-order valence-electron chi connectivity index (χ0n) is 13.2. The molecule has 1 heterocycles. The molecular formula is C16H23Cl2F2N3O. The molecule has 3 unspecified atom stereocenters. The van der Waals surface area contributed by atoms with E-state index < -0.39 is 11.6 Å². The molecule has 1 aliphatic carbocycles. The van der Waals surface area contributed by atoms with Crippen molar-refractivity contribution in [3.8, 4) is 0 Å². The minimum absolute atomic E-state index is 0. The van der Waals surface area contributed by atoms with Crippen LogP contribution in [0.25, 0.3) is 0 Å². The summed E-state index contributed by atoms with van der Waals surface area (Å²) in [5.74, 6) is -1.12. The van der Waals surface area contributed by atoms with E-state index in [-0.39, 0.29) is 54.4 Å². The van der Waals surface area contributed by atoms with Crippen LogP contribution >= 0.6 is 24.8 Å². The third-order valence-electron chi connectivity index (χ3n) is 4.63. The van der Waals surface area contributed by atoms with Crippen molar-refractivity contribution in [3.63, 3.8) is 0 Å². The van der Waals surface area contributed by atoms with Gasteiger partial charge in [-0.05, 0) is 37.8 Å². The first-order chi connectivity index (χ1) is 10.5. The number of nitrogens with zero attached hydrogens (tertiary/aromatic N) is 1. The van der Waals surface area contributed by atoms with E-state index in [1.165, 1.54) is 18.2 Å². The van der Waals surface area contributed by atoms with Gasteiger partial charge >= 0.3 is 0 Å². The summed E-state index contributed by atoms with van der Waals surface area (Å²) in [6, 6.07) is 3.91. The van der Waals surface area contributed by atoms with Crippen molar-refractivity contribution in [1.82, 2.24) is 5.32 Å². The number of amides is 1. The number of para-hydroxylation sites is 1. The molecule has 4 nitrogen and oxygen atoms in total. The van der Waals surface area contributed by atoms with E-state index in [1.54, 1.807) is 4.90 Å². The van der Waals surface area contributed by atoms with Gasteiger partial charge in [0.15, 0.2) is 0 Å². The molecule has 8 heteroatoms. The van der Waals surface area contributed by atoms with E-state index in [4.69, 9.17) is 5.73 Å². The number of nitrogens with one attached hydrogen (secondary N) is 1. The maximum atomic E-state index is 13.8. The minimum Gasteiger partial charge on any atom is -0.365 e. The van der Waals surface area contributed by atoms with Gasteiger partial charge in [-0.1, -0.05) is 6.07 Å². The van der Waals surface area contributed by atoms with Crippen molar-refractivity contribution in [2.45, 2.75) is 37.8 Å². The maximum Gasteiger partial charge on any atom is 0.223 e. The molecule has 0 spiro atoms. The second kappa shape index (κ2) is 8.83. The smallest absolute Gasteiger partial charge is 0.223 e. The van der Waals surface area contributed by atoms with Crippen molar-refractivity contribution in [2.24, 2.45) is 11.7 Å². The Morgan fingerprint density at radius 3 is 2.42 bits per heavy atom. The zero-order valence-corrected chi connectivity index (χ0v) is 14.8. The van der Waals surface area contributed by atoms with Gasteiger partial charge in [0.05, 0.1) is 0 Å². The molecule has 0 radical (unpaired) electrons. The molecule has 136 valence electrons. The van der Waals surface area contributed by atoms with Gasteiger partial charge in [-0.15, -0.1) is 24.8 Å². The standard InChI is InChI=1S/C16H21F2N3O.2ClH/c17-13-2-1-3-14(18)15(13)21-7-6-12(9-21)20-16(22)10-4-5-11(19)8-10;;/h1-3,10-12H,4-9,19H2,(H,20,22);2*1H. The number of carbonyl (C=O) groups excluding carboxylic acids is 1. The second-order valence-electron chi connectivity index (χ2n) is 6.28. The van der Waals surface area contributed by atoms with Crippen LogP contribution in [0.5, 0.6) is 0 Å². The SMILES string of the molecule is Cl.Cl.NC1CCC(C(=O)NC2CCN(c3c(F)cccc3F)C2)C1. The number of rotatable bonds is 3. The highest BCUT2D eigenvalue weighted by atomic mass is 35.5. The van der Waals surface area contributed by atoms with Crippen LogP contribution in [0, 0.1) is 17.6 Å². The van der Waals surface area contributed by atoms with Gasteiger partial charge in [-0.25, -0.2) is 8.78 Å². The Kier molecular flexibility index (Phi) is 7.70. The van der Waals surface area contributed by atoms with Crippen LogP contribution in [0.4, 0.5) is 14.5 Å². The summed E-state index contributed by atoms with van der Waals surface area (Å²) in [6.45, 7) is 0.968. The molecule has 0 aromatic heterocycles. The minimum atomic E-state index is -0.561.